The molecule has 4 nitrogen and oxygen atoms in total. The third kappa shape index (κ3) is 4.01. The predicted molar refractivity (Wildman–Crippen MR) is 195 cm³/mol. The summed E-state index contributed by atoms with van der Waals surface area (Å²) in [6, 6.07) is 58.9. The Hall–Kier alpha value is -6.88. The summed E-state index contributed by atoms with van der Waals surface area (Å²) in [4.78, 5) is 0. The average Bonchev–Trinajstić information content (AvgIpc) is 3.67. The lowest BCUT2D eigenvalue weighted by atomic mass is 9.94. The fourth-order valence-corrected chi connectivity index (χ4v) is 7.39. The van der Waals surface area contributed by atoms with Crippen molar-refractivity contribution in [1.82, 2.24) is 9.13 Å². The molecule has 0 saturated carbocycles. The summed E-state index contributed by atoms with van der Waals surface area (Å²) in [6.45, 7) is 0. The number of nitrogens with zero attached hydrogens (tertiary/aromatic N) is 4. The molecule has 7 aromatic carbocycles. The van der Waals surface area contributed by atoms with Crippen molar-refractivity contribution in [2.75, 3.05) is 0 Å². The highest BCUT2D eigenvalue weighted by molar-refractivity contribution is 6.11. The maximum atomic E-state index is 10.8. The summed E-state index contributed by atoms with van der Waals surface area (Å²) in [5, 5.41) is 25.3. The second-order valence-corrected chi connectivity index (χ2v) is 11.9. The number of nitriles is 2. The van der Waals surface area contributed by atoms with Gasteiger partial charge in [0.05, 0.1) is 44.6 Å². The third-order valence-electron chi connectivity index (χ3n) is 9.42. The van der Waals surface area contributed by atoms with Gasteiger partial charge in [-0.2, -0.15) is 10.5 Å². The van der Waals surface area contributed by atoms with Gasteiger partial charge in [0.2, 0.25) is 0 Å². The van der Waals surface area contributed by atoms with E-state index in [-0.39, 0.29) is 0 Å². The molecular weight excluding hydrogens is 585 g/mol. The molecule has 0 saturated heterocycles. The molecule has 0 aliphatic heterocycles. The van der Waals surface area contributed by atoms with E-state index in [2.05, 4.69) is 130 Å². The minimum absolute atomic E-state index is 0.556. The Labute approximate surface area is 277 Å². The molecular formula is C44H26N4. The highest BCUT2D eigenvalue weighted by Crippen LogP contribution is 2.40. The van der Waals surface area contributed by atoms with E-state index in [4.69, 9.17) is 0 Å². The van der Waals surface area contributed by atoms with Crippen molar-refractivity contribution in [3.8, 4) is 45.8 Å². The molecule has 2 aromatic heterocycles. The van der Waals surface area contributed by atoms with E-state index in [1.165, 1.54) is 10.8 Å². The van der Waals surface area contributed by atoms with Crippen LogP contribution in [0.4, 0.5) is 0 Å². The van der Waals surface area contributed by atoms with Crippen LogP contribution in [-0.2, 0) is 0 Å². The van der Waals surface area contributed by atoms with Crippen LogP contribution in [0.25, 0.3) is 77.2 Å². The Bertz CT molecular complexity index is 2760. The van der Waals surface area contributed by atoms with Gasteiger partial charge in [0.25, 0.3) is 0 Å². The van der Waals surface area contributed by atoms with Gasteiger partial charge < -0.3 is 9.13 Å². The minimum Gasteiger partial charge on any atom is -0.309 e. The quantitative estimate of drug-likeness (QED) is 0.199. The van der Waals surface area contributed by atoms with Crippen LogP contribution in [0.3, 0.4) is 0 Å². The van der Waals surface area contributed by atoms with Crippen molar-refractivity contribution in [3.63, 3.8) is 0 Å². The molecule has 0 amide bonds. The van der Waals surface area contributed by atoms with Crippen LogP contribution in [-0.4, -0.2) is 9.13 Å². The van der Waals surface area contributed by atoms with E-state index >= 15 is 0 Å². The fourth-order valence-electron chi connectivity index (χ4n) is 7.39. The largest absolute Gasteiger partial charge is 0.309 e. The molecule has 9 rings (SSSR count). The van der Waals surface area contributed by atoms with E-state index in [0.717, 1.165) is 66.5 Å². The zero-order valence-electron chi connectivity index (χ0n) is 25.8. The zero-order valence-corrected chi connectivity index (χ0v) is 25.8. The molecule has 0 fully saturated rings. The van der Waals surface area contributed by atoms with Crippen LogP contribution in [0, 0.1) is 22.7 Å². The van der Waals surface area contributed by atoms with Crippen molar-refractivity contribution >= 4 is 43.6 Å². The van der Waals surface area contributed by atoms with Gasteiger partial charge >= 0.3 is 0 Å². The Morgan fingerprint density at radius 2 is 0.896 bits per heavy atom. The normalized spacial score (nSPS) is 11.3. The van der Waals surface area contributed by atoms with Gasteiger partial charge in [-0.1, -0.05) is 115 Å². The van der Waals surface area contributed by atoms with Gasteiger partial charge in [0, 0.05) is 32.7 Å². The number of rotatable bonds is 4. The van der Waals surface area contributed by atoms with Gasteiger partial charge in [0.15, 0.2) is 0 Å². The van der Waals surface area contributed by atoms with Crippen molar-refractivity contribution in [3.05, 3.63) is 169 Å². The zero-order chi connectivity index (χ0) is 32.2. The molecule has 0 spiro atoms. The molecule has 0 N–H and O–H groups in total. The molecule has 0 unspecified atom stereocenters. The lowest BCUT2D eigenvalue weighted by molar-refractivity contribution is 1.16. The van der Waals surface area contributed by atoms with Gasteiger partial charge in [-0.25, -0.2) is 0 Å². The Morgan fingerprint density at radius 1 is 0.396 bits per heavy atom. The number of hydrogen-bond acceptors (Lipinski definition) is 2. The van der Waals surface area contributed by atoms with Crippen LogP contribution in [0.2, 0.25) is 0 Å². The summed E-state index contributed by atoms with van der Waals surface area (Å²) in [7, 11) is 0. The first-order valence-corrected chi connectivity index (χ1v) is 15.9. The van der Waals surface area contributed by atoms with E-state index in [1.54, 1.807) is 0 Å². The number of aromatic nitrogens is 2. The number of benzene rings is 7. The predicted octanol–water partition coefficient (Wildman–Crippen LogP) is 11.0. The molecule has 0 bridgehead atoms. The van der Waals surface area contributed by atoms with E-state index in [1.807, 2.05) is 48.5 Å². The fraction of sp³-hybridized carbons (Fsp3) is 0. The SMILES string of the molecule is N#Cc1c(-c2cccc(-c3ccccc3-n3c4ccccc4c4ccccc43)c2)cccc1-n1c2ccccc2c2cccc(C#N)c21. The monoisotopic (exact) mass is 610 g/mol. The molecule has 0 aliphatic carbocycles. The molecule has 4 heteroatoms. The lowest BCUT2D eigenvalue weighted by Crippen LogP contribution is -2.01. The van der Waals surface area contributed by atoms with Crippen LogP contribution in [0.15, 0.2) is 158 Å². The second kappa shape index (κ2) is 10.9. The Kier molecular flexibility index (Phi) is 6.22. The van der Waals surface area contributed by atoms with E-state index in [0.29, 0.717) is 11.1 Å². The minimum atomic E-state index is 0.556. The molecule has 0 atom stereocenters. The first-order chi connectivity index (χ1) is 23.8. The maximum absolute atomic E-state index is 10.8. The summed E-state index contributed by atoms with van der Waals surface area (Å²) in [5.41, 5.74) is 11.0. The van der Waals surface area contributed by atoms with Gasteiger partial charge in [-0.05, 0) is 53.6 Å². The van der Waals surface area contributed by atoms with Crippen molar-refractivity contribution in [2.45, 2.75) is 0 Å². The molecule has 9 aromatic rings. The second-order valence-electron chi connectivity index (χ2n) is 11.9. The number of para-hydroxylation sites is 5. The Morgan fingerprint density at radius 3 is 1.58 bits per heavy atom. The van der Waals surface area contributed by atoms with Gasteiger partial charge in [-0.3, -0.25) is 0 Å². The van der Waals surface area contributed by atoms with Crippen LogP contribution in [0.5, 0.6) is 0 Å². The first kappa shape index (κ1) is 27.4. The number of hydrogen-bond donors (Lipinski definition) is 0. The molecule has 48 heavy (non-hydrogen) atoms. The average molecular weight is 611 g/mol. The number of fused-ring (bicyclic) bond motifs is 6. The first-order valence-electron chi connectivity index (χ1n) is 15.9. The summed E-state index contributed by atoms with van der Waals surface area (Å²) in [5.74, 6) is 0. The summed E-state index contributed by atoms with van der Waals surface area (Å²) < 4.78 is 4.43. The van der Waals surface area contributed by atoms with Crippen LogP contribution >= 0.6 is 0 Å². The standard InChI is InChI=1S/C44H26N4/c45-27-31-14-10-20-37-36-18-4-8-24-42(36)48(44(31)37)43-25-11-19-32(38(43)28-46)29-12-9-13-30(26-29)33-15-1-5-21-39(33)47-40-22-6-2-16-34(40)35-17-3-7-23-41(35)47/h1-26H. The van der Waals surface area contributed by atoms with Crippen LogP contribution < -0.4 is 0 Å². The summed E-state index contributed by atoms with van der Waals surface area (Å²) in [6.07, 6.45) is 0. The molecule has 0 aliphatic rings. The van der Waals surface area contributed by atoms with Crippen LogP contribution in [0.1, 0.15) is 11.1 Å². The van der Waals surface area contributed by atoms with Crippen molar-refractivity contribution in [2.24, 2.45) is 0 Å². The van der Waals surface area contributed by atoms with Gasteiger partial charge in [0.1, 0.15) is 12.1 Å². The Balaban J connectivity index is 1.25. The smallest absolute Gasteiger partial charge is 0.102 e. The highest BCUT2D eigenvalue weighted by atomic mass is 15.0. The van der Waals surface area contributed by atoms with E-state index < -0.39 is 0 Å². The van der Waals surface area contributed by atoms with Crippen molar-refractivity contribution < 1.29 is 0 Å². The van der Waals surface area contributed by atoms with Gasteiger partial charge in [-0.15, -0.1) is 0 Å². The highest BCUT2D eigenvalue weighted by Gasteiger charge is 2.20. The molecule has 0 radical (unpaired) electrons. The summed E-state index contributed by atoms with van der Waals surface area (Å²) >= 11 is 0. The molecule has 2 heterocycles. The molecule has 222 valence electrons. The topological polar surface area (TPSA) is 57.4 Å². The maximum Gasteiger partial charge on any atom is 0.102 e. The lowest BCUT2D eigenvalue weighted by Gasteiger charge is -2.16. The van der Waals surface area contributed by atoms with E-state index in [9.17, 15) is 10.5 Å². The third-order valence-corrected chi connectivity index (χ3v) is 9.42. The van der Waals surface area contributed by atoms with Crippen molar-refractivity contribution in [1.29, 1.82) is 10.5 Å².